The van der Waals surface area contributed by atoms with Crippen molar-refractivity contribution in [3.8, 4) is 0 Å². The largest absolute Gasteiger partial charge is 0.451 e. The zero-order valence-corrected chi connectivity index (χ0v) is 13.6. The molecule has 1 aliphatic rings. The summed E-state index contributed by atoms with van der Waals surface area (Å²) in [4.78, 5) is 24.0. The Morgan fingerprint density at radius 3 is 2.55 bits per heavy atom. The highest BCUT2D eigenvalue weighted by Crippen LogP contribution is 2.22. The highest BCUT2D eigenvalue weighted by Gasteiger charge is 2.16. The maximum atomic E-state index is 11.8. The Hall–Kier alpha value is -0.880. The van der Waals surface area contributed by atoms with Gasteiger partial charge in [-0.2, -0.15) is 0 Å². The van der Waals surface area contributed by atoms with E-state index in [-0.39, 0.29) is 18.6 Å². The lowest BCUT2D eigenvalue weighted by atomic mass is 10.1. The van der Waals surface area contributed by atoms with Gasteiger partial charge in [-0.1, -0.05) is 25.7 Å². The second kappa shape index (κ2) is 7.78. The number of halogens is 1. The Bertz CT molecular complexity index is 467. The van der Waals surface area contributed by atoms with Gasteiger partial charge in [-0.25, -0.2) is 4.79 Å². The van der Waals surface area contributed by atoms with Crippen molar-refractivity contribution >= 4 is 39.1 Å². The van der Waals surface area contributed by atoms with E-state index in [9.17, 15) is 9.59 Å². The number of hydrogen-bond acceptors (Lipinski definition) is 4. The molecule has 1 N–H and O–H groups in total. The molecule has 1 aromatic heterocycles. The molecule has 1 amide bonds. The molecule has 1 aromatic rings. The monoisotopic (exact) mass is 359 g/mol. The summed E-state index contributed by atoms with van der Waals surface area (Å²) in [5, 5.41) is 2.95. The first-order valence-corrected chi connectivity index (χ1v) is 8.48. The Labute approximate surface area is 131 Å². The Kier molecular flexibility index (Phi) is 6.04. The Balaban J connectivity index is 1.73. The summed E-state index contributed by atoms with van der Waals surface area (Å²) < 4.78 is 5.88. The van der Waals surface area contributed by atoms with Crippen LogP contribution in [0.2, 0.25) is 0 Å². The van der Waals surface area contributed by atoms with Crippen molar-refractivity contribution in [3.05, 3.63) is 20.8 Å². The summed E-state index contributed by atoms with van der Waals surface area (Å²) in [6.07, 6.45) is 6.86. The quantitative estimate of drug-likeness (QED) is 0.660. The van der Waals surface area contributed by atoms with Crippen LogP contribution in [0.15, 0.2) is 15.9 Å². The predicted octanol–water partition coefficient (Wildman–Crippen LogP) is 3.51. The number of esters is 1. The number of hydrogen-bond donors (Lipinski definition) is 1. The van der Waals surface area contributed by atoms with Crippen LogP contribution in [0.3, 0.4) is 0 Å². The van der Waals surface area contributed by atoms with E-state index in [1.807, 2.05) is 0 Å². The highest BCUT2D eigenvalue weighted by molar-refractivity contribution is 9.11. The topological polar surface area (TPSA) is 55.4 Å². The lowest BCUT2D eigenvalue weighted by Crippen LogP contribution is -2.37. The van der Waals surface area contributed by atoms with Gasteiger partial charge in [0.25, 0.3) is 5.91 Å². The molecule has 1 aliphatic carbocycles. The van der Waals surface area contributed by atoms with Crippen molar-refractivity contribution in [3.63, 3.8) is 0 Å². The molecule has 0 radical (unpaired) electrons. The summed E-state index contributed by atoms with van der Waals surface area (Å²) in [6, 6.07) is 3.70. The van der Waals surface area contributed by atoms with Crippen LogP contribution < -0.4 is 5.32 Å². The summed E-state index contributed by atoms with van der Waals surface area (Å²) in [6.45, 7) is -0.204. The van der Waals surface area contributed by atoms with Crippen molar-refractivity contribution in [1.82, 2.24) is 5.32 Å². The van der Waals surface area contributed by atoms with Gasteiger partial charge in [0.2, 0.25) is 0 Å². The molecule has 0 unspecified atom stereocenters. The van der Waals surface area contributed by atoms with Crippen LogP contribution in [0.4, 0.5) is 0 Å². The summed E-state index contributed by atoms with van der Waals surface area (Å²) in [5.41, 5.74) is 0. The SMILES string of the molecule is O=C(COC(=O)c1ccc(Br)s1)NC1CCCCCC1. The van der Waals surface area contributed by atoms with Crippen molar-refractivity contribution in [1.29, 1.82) is 0 Å². The fraction of sp³-hybridized carbons (Fsp3) is 0.571. The smallest absolute Gasteiger partial charge is 0.348 e. The molecule has 2 rings (SSSR count). The van der Waals surface area contributed by atoms with Gasteiger partial charge in [0, 0.05) is 6.04 Å². The van der Waals surface area contributed by atoms with Crippen LogP contribution in [-0.2, 0) is 9.53 Å². The maximum Gasteiger partial charge on any atom is 0.348 e. The van der Waals surface area contributed by atoms with Crippen LogP contribution in [0.25, 0.3) is 0 Å². The minimum atomic E-state index is -0.447. The molecule has 1 saturated carbocycles. The third-order valence-corrected chi connectivity index (χ3v) is 4.93. The molecule has 1 fully saturated rings. The second-order valence-electron chi connectivity index (χ2n) is 4.94. The summed E-state index contributed by atoms with van der Waals surface area (Å²) in [7, 11) is 0. The first-order valence-electron chi connectivity index (χ1n) is 6.87. The molecular weight excluding hydrogens is 342 g/mol. The standard InChI is InChI=1S/C14H18BrNO3S/c15-12-8-7-11(20-12)14(18)19-9-13(17)16-10-5-3-1-2-4-6-10/h7-8,10H,1-6,9H2,(H,16,17). The first kappa shape index (κ1) is 15.5. The van der Waals surface area contributed by atoms with Gasteiger partial charge in [-0.3, -0.25) is 4.79 Å². The molecule has 20 heavy (non-hydrogen) atoms. The van der Waals surface area contributed by atoms with E-state index in [1.54, 1.807) is 12.1 Å². The van der Waals surface area contributed by atoms with Crippen LogP contribution in [0.1, 0.15) is 48.2 Å². The van der Waals surface area contributed by atoms with E-state index in [1.165, 1.54) is 24.2 Å². The van der Waals surface area contributed by atoms with Gasteiger partial charge in [-0.15, -0.1) is 11.3 Å². The second-order valence-corrected chi connectivity index (χ2v) is 7.40. The molecule has 110 valence electrons. The summed E-state index contributed by atoms with van der Waals surface area (Å²) in [5.74, 6) is -0.655. The molecule has 4 nitrogen and oxygen atoms in total. The molecule has 0 spiro atoms. The molecule has 1 heterocycles. The number of ether oxygens (including phenoxy) is 1. The molecule has 6 heteroatoms. The van der Waals surface area contributed by atoms with Crippen molar-refractivity contribution in [2.45, 2.75) is 44.6 Å². The van der Waals surface area contributed by atoms with Crippen LogP contribution in [0, 0.1) is 0 Å². The van der Waals surface area contributed by atoms with Gasteiger partial charge in [-0.05, 0) is 40.9 Å². The van der Waals surface area contributed by atoms with Gasteiger partial charge in [0.05, 0.1) is 3.79 Å². The average molecular weight is 360 g/mol. The van der Waals surface area contributed by atoms with E-state index in [4.69, 9.17) is 4.74 Å². The van der Waals surface area contributed by atoms with E-state index in [0.29, 0.717) is 4.88 Å². The average Bonchev–Trinajstić information content (AvgIpc) is 2.70. The highest BCUT2D eigenvalue weighted by atomic mass is 79.9. The zero-order chi connectivity index (χ0) is 14.4. The maximum absolute atomic E-state index is 11.8. The lowest BCUT2D eigenvalue weighted by molar-refractivity contribution is -0.125. The van der Waals surface area contributed by atoms with Crippen LogP contribution in [0.5, 0.6) is 0 Å². The van der Waals surface area contributed by atoms with Gasteiger partial charge < -0.3 is 10.1 Å². The number of thiophene rings is 1. The minimum Gasteiger partial charge on any atom is -0.451 e. The number of carbonyl (C=O) groups excluding carboxylic acids is 2. The lowest BCUT2D eigenvalue weighted by Gasteiger charge is -2.15. The normalized spacial score (nSPS) is 16.4. The number of amides is 1. The summed E-state index contributed by atoms with van der Waals surface area (Å²) >= 11 is 4.58. The number of rotatable bonds is 4. The molecule has 0 aromatic carbocycles. The van der Waals surface area contributed by atoms with Crippen molar-refractivity contribution in [2.24, 2.45) is 0 Å². The number of nitrogens with one attached hydrogen (secondary N) is 1. The van der Waals surface area contributed by atoms with E-state index in [2.05, 4.69) is 21.2 Å². The van der Waals surface area contributed by atoms with E-state index >= 15 is 0 Å². The number of carbonyl (C=O) groups is 2. The third-order valence-electron chi connectivity index (χ3n) is 3.33. The van der Waals surface area contributed by atoms with Crippen molar-refractivity contribution in [2.75, 3.05) is 6.61 Å². The van der Waals surface area contributed by atoms with Gasteiger partial charge >= 0.3 is 5.97 Å². The van der Waals surface area contributed by atoms with Gasteiger partial charge in [0.15, 0.2) is 6.61 Å². The van der Waals surface area contributed by atoms with Crippen molar-refractivity contribution < 1.29 is 14.3 Å². The minimum absolute atomic E-state index is 0.204. The van der Waals surface area contributed by atoms with E-state index < -0.39 is 5.97 Å². The predicted molar refractivity (Wildman–Crippen MR) is 81.9 cm³/mol. The fourth-order valence-electron chi connectivity index (χ4n) is 2.32. The molecule has 0 aliphatic heterocycles. The molecule has 0 atom stereocenters. The molecule has 0 saturated heterocycles. The van der Waals surface area contributed by atoms with E-state index in [0.717, 1.165) is 29.5 Å². The first-order chi connectivity index (χ1) is 9.65. The van der Waals surface area contributed by atoms with Gasteiger partial charge in [0.1, 0.15) is 4.88 Å². The van der Waals surface area contributed by atoms with Crippen LogP contribution in [-0.4, -0.2) is 24.5 Å². The fourth-order valence-corrected chi connectivity index (χ4v) is 3.60. The molecular formula is C14H18BrNO3S. The Morgan fingerprint density at radius 1 is 1.25 bits per heavy atom. The Morgan fingerprint density at radius 2 is 1.95 bits per heavy atom. The van der Waals surface area contributed by atoms with Crippen LogP contribution >= 0.6 is 27.3 Å². The molecule has 0 bridgehead atoms. The third kappa shape index (κ3) is 4.90. The zero-order valence-electron chi connectivity index (χ0n) is 11.2.